The molecule has 7 rings (SSSR count). The first-order valence-corrected chi connectivity index (χ1v) is 15.8. The summed E-state index contributed by atoms with van der Waals surface area (Å²) in [5.41, 5.74) is 11.8. The Morgan fingerprint density at radius 3 is 2.24 bits per heavy atom. The molecule has 0 aliphatic rings. The summed E-state index contributed by atoms with van der Waals surface area (Å²) in [7, 11) is 0. The first-order chi connectivity index (χ1) is 21.9. The number of ether oxygens (including phenoxy) is 1. The molecule has 0 radical (unpaired) electrons. The Kier molecular flexibility index (Phi) is 7.46. The fraction of sp³-hybridized carbons (Fsp3) is 0.200. The van der Waals surface area contributed by atoms with Crippen LogP contribution >= 0.6 is 0 Å². The second kappa shape index (κ2) is 11.7. The van der Waals surface area contributed by atoms with Crippen molar-refractivity contribution in [2.24, 2.45) is 0 Å². The summed E-state index contributed by atoms with van der Waals surface area (Å²) in [6.45, 7) is 10.9. The molecule has 0 bridgehead atoms. The van der Waals surface area contributed by atoms with E-state index in [1.54, 1.807) is 0 Å². The maximum atomic E-state index is 6.57. The lowest BCUT2D eigenvalue weighted by Gasteiger charge is -2.14. The number of fused-ring (bicyclic) bond motifs is 3. The maximum absolute atomic E-state index is 6.57. The number of benzene rings is 4. The number of unbranched alkanes of at least 4 members (excludes halogenated alkanes) is 1. The lowest BCUT2D eigenvalue weighted by Crippen LogP contribution is -2.04. The van der Waals surface area contributed by atoms with Gasteiger partial charge in [-0.05, 0) is 105 Å². The van der Waals surface area contributed by atoms with Gasteiger partial charge in [0.15, 0.2) is 0 Å². The van der Waals surface area contributed by atoms with Crippen molar-refractivity contribution in [1.82, 2.24) is 19.3 Å². The average molecular weight is 591 g/mol. The molecule has 3 aromatic heterocycles. The second-order valence-corrected chi connectivity index (χ2v) is 12.0. The fourth-order valence-electron chi connectivity index (χ4n) is 6.62. The van der Waals surface area contributed by atoms with Crippen LogP contribution in [0.4, 0.5) is 0 Å². The van der Waals surface area contributed by atoms with E-state index in [1.807, 2.05) is 18.3 Å². The van der Waals surface area contributed by atoms with E-state index in [0.29, 0.717) is 0 Å². The first-order valence-electron chi connectivity index (χ1n) is 15.8. The summed E-state index contributed by atoms with van der Waals surface area (Å²) in [5.74, 6) is 2.44. The second-order valence-electron chi connectivity index (χ2n) is 12.0. The van der Waals surface area contributed by atoms with Gasteiger partial charge in [-0.3, -0.25) is 4.57 Å². The normalized spacial score (nSPS) is 11.5. The Labute approximate surface area is 264 Å². The third kappa shape index (κ3) is 5.18. The van der Waals surface area contributed by atoms with E-state index < -0.39 is 0 Å². The van der Waals surface area contributed by atoms with Crippen LogP contribution in [0, 0.1) is 27.7 Å². The molecule has 3 heterocycles. The number of rotatable bonds is 8. The van der Waals surface area contributed by atoms with Gasteiger partial charge in [0.1, 0.15) is 17.3 Å². The Morgan fingerprint density at radius 2 is 1.44 bits per heavy atom. The van der Waals surface area contributed by atoms with Gasteiger partial charge in [0.25, 0.3) is 0 Å². The van der Waals surface area contributed by atoms with Crippen molar-refractivity contribution in [2.45, 2.75) is 53.9 Å². The van der Waals surface area contributed by atoms with Crippen LogP contribution in [0.3, 0.4) is 0 Å². The molecule has 45 heavy (non-hydrogen) atoms. The van der Waals surface area contributed by atoms with Gasteiger partial charge in [0.2, 0.25) is 0 Å². The monoisotopic (exact) mass is 590 g/mol. The van der Waals surface area contributed by atoms with Crippen molar-refractivity contribution in [1.29, 1.82) is 0 Å². The molecule has 5 nitrogen and oxygen atoms in total. The molecule has 7 aromatic rings. The quantitative estimate of drug-likeness (QED) is 0.177. The summed E-state index contributed by atoms with van der Waals surface area (Å²) in [6, 6.07) is 33.8. The number of pyridine rings is 1. The van der Waals surface area contributed by atoms with E-state index in [2.05, 4.69) is 129 Å². The zero-order chi connectivity index (χ0) is 31.1. The summed E-state index contributed by atoms with van der Waals surface area (Å²) in [4.78, 5) is 4.72. The molecule has 0 aliphatic heterocycles. The van der Waals surface area contributed by atoms with Gasteiger partial charge in [0.05, 0.1) is 28.1 Å². The van der Waals surface area contributed by atoms with Gasteiger partial charge < -0.3 is 4.74 Å². The number of para-hydroxylation sites is 1. The molecule has 0 N–H and O–H groups in total. The van der Waals surface area contributed by atoms with Crippen molar-refractivity contribution >= 4 is 21.8 Å². The van der Waals surface area contributed by atoms with Crippen molar-refractivity contribution in [3.8, 4) is 34.1 Å². The summed E-state index contributed by atoms with van der Waals surface area (Å²) >= 11 is 0. The summed E-state index contributed by atoms with van der Waals surface area (Å²) < 4.78 is 10.9. The SMILES string of the molecule is CCCCc1c(-c2c(C)cccc2C)c(C)nn1-c1cccc(Oc2ccc3c4ccccc4n(-c4cc(C)ccn4)c3c2)c1. The minimum absolute atomic E-state index is 0.770. The predicted molar refractivity (Wildman–Crippen MR) is 185 cm³/mol. The third-order valence-corrected chi connectivity index (χ3v) is 8.73. The molecule has 0 saturated carbocycles. The first kappa shape index (κ1) is 28.6. The van der Waals surface area contributed by atoms with Crippen LogP contribution in [0.15, 0.2) is 103 Å². The van der Waals surface area contributed by atoms with Crippen molar-refractivity contribution in [3.05, 3.63) is 131 Å². The Morgan fingerprint density at radius 1 is 0.689 bits per heavy atom. The van der Waals surface area contributed by atoms with Crippen molar-refractivity contribution in [2.75, 3.05) is 0 Å². The number of hydrogen-bond acceptors (Lipinski definition) is 3. The van der Waals surface area contributed by atoms with Crippen molar-refractivity contribution in [3.63, 3.8) is 0 Å². The average Bonchev–Trinajstić information content (AvgIpc) is 3.54. The third-order valence-electron chi connectivity index (χ3n) is 8.73. The Bertz CT molecular complexity index is 2160. The summed E-state index contributed by atoms with van der Waals surface area (Å²) in [5, 5.41) is 7.47. The molecular formula is C40H38N4O. The van der Waals surface area contributed by atoms with Crippen LogP contribution < -0.4 is 4.74 Å². The van der Waals surface area contributed by atoms with Gasteiger partial charge in [0, 0.05) is 34.7 Å². The number of nitrogens with zero attached hydrogens (tertiary/aromatic N) is 4. The molecule has 224 valence electrons. The fourth-order valence-corrected chi connectivity index (χ4v) is 6.62. The van der Waals surface area contributed by atoms with Gasteiger partial charge in [-0.2, -0.15) is 5.10 Å². The largest absolute Gasteiger partial charge is 0.457 e. The molecule has 0 amide bonds. The highest BCUT2D eigenvalue weighted by Gasteiger charge is 2.21. The zero-order valence-electron chi connectivity index (χ0n) is 26.6. The number of aromatic nitrogens is 4. The lowest BCUT2D eigenvalue weighted by molar-refractivity contribution is 0.482. The highest BCUT2D eigenvalue weighted by Crippen LogP contribution is 2.37. The molecule has 0 aliphatic carbocycles. The highest BCUT2D eigenvalue weighted by molar-refractivity contribution is 6.09. The van der Waals surface area contributed by atoms with E-state index in [0.717, 1.165) is 59.0 Å². The van der Waals surface area contributed by atoms with E-state index in [4.69, 9.17) is 14.8 Å². The molecule has 0 saturated heterocycles. The van der Waals surface area contributed by atoms with E-state index in [-0.39, 0.29) is 0 Å². The van der Waals surface area contributed by atoms with Crippen LogP contribution in [0.25, 0.3) is 44.4 Å². The van der Waals surface area contributed by atoms with Gasteiger partial charge in [-0.1, -0.05) is 55.8 Å². The zero-order valence-corrected chi connectivity index (χ0v) is 26.6. The summed E-state index contributed by atoms with van der Waals surface area (Å²) in [6.07, 6.45) is 5.05. The smallest absolute Gasteiger partial charge is 0.137 e. The van der Waals surface area contributed by atoms with Crippen molar-refractivity contribution < 1.29 is 4.74 Å². The van der Waals surface area contributed by atoms with Crippen LogP contribution in [0.1, 0.15) is 47.8 Å². The van der Waals surface area contributed by atoms with E-state index >= 15 is 0 Å². The topological polar surface area (TPSA) is 44.9 Å². The van der Waals surface area contributed by atoms with Crippen LogP contribution in [-0.4, -0.2) is 19.3 Å². The molecule has 4 aromatic carbocycles. The molecule has 0 atom stereocenters. The van der Waals surface area contributed by atoms with Gasteiger partial charge >= 0.3 is 0 Å². The predicted octanol–water partition coefficient (Wildman–Crippen LogP) is 10.4. The minimum atomic E-state index is 0.770. The molecule has 0 unspecified atom stereocenters. The number of aryl methyl sites for hydroxylation is 4. The van der Waals surface area contributed by atoms with Gasteiger partial charge in [-0.15, -0.1) is 0 Å². The molecule has 5 heteroatoms. The lowest BCUT2D eigenvalue weighted by atomic mass is 9.93. The maximum Gasteiger partial charge on any atom is 0.137 e. The minimum Gasteiger partial charge on any atom is -0.457 e. The highest BCUT2D eigenvalue weighted by atomic mass is 16.5. The molecular weight excluding hydrogens is 552 g/mol. The van der Waals surface area contributed by atoms with E-state index in [1.165, 1.54) is 44.3 Å². The molecule has 0 fully saturated rings. The Hall–Kier alpha value is -5.16. The van der Waals surface area contributed by atoms with Crippen LogP contribution in [-0.2, 0) is 6.42 Å². The standard InChI is InChI=1S/C40H38N4O/c1-6-7-17-36-40(39-27(3)12-10-13-28(39)4)29(5)42-44(36)30-14-11-15-31(24-30)45-32-19-20-34-33-16-8-9-18-35(33)43(37(34)25-32)38-23-26(2)21-22-41-38/h8-16,18-25H,6-7,17H2,1-5H3. The van der Waals surface area contributed by atoms with E-state index in [9.17, 15) is 0 Å². The number of hydrogen-bond donors (Lipinski definition) is 0. The van der Waals surface area contributed by atoms with Crippen LogP contribution in [0.5, 0.6) is 11.5 Å². The Balaban J connectivity index is 1.30. The van der Waals surface area contributed by atoms with Crippen LogP contribution in [0.2, 0.25) is 0 Å². The molecule has 0 spiro atoms. The van der Waals surface area contributed by atoms with Gasteiger partial charge in [-0.25, -0.2) is 9.67 Å².